The molecule has 0 spiro atoms. The highest BCUT2D eigenvalue weighted by Crippen LogP contribution is 2.43. The predicted octanol–water partition coefficient (Wildman–Crippen LogP) is 12.3. The third kappa shape index (κ3) is 38.3. The molecule has 0 bridgehead atoms. The SMILES string of the molecule is CCCCC/C=C\C/C=C\C/C=C\C/C=C\C/C=C\CCC(=O)OC[C@H](COP(=O)(O)OCC[N+](C)(C)C)OC(=O)CCC/C=C\CC1OC1C/C=C\C/C=C\CCCCC. The summed E-state index contributed by atoms with van der Waals surface area (Å²) in [6, 6.07) is 0. The van der Waals surface area contributed by atoms with Crippen molar-refractivity contribution in [3.63, 3.8) is 0 Å². The first-order valence-corrected chi connectivity index (χ1v) is 24.6. The molecule has 1 aliphatic heterocycles. The van der Waals surface area contributed by atoms with Gasteiger partial charge in [0.2, 0.25) is 0 Å². The maximum absolute atomic E-state index is 12.7. The summed E-state index contributed by atoms with van der Waals surface area (Å²) < 4.78 is 40.0. The number of ether oxygens (including phenoxy) is 3. The van der Waals surface area contributed by atoms with Crippen molar-refractivity contribution in [2.75, 3.05) is 47.5 Å². The minimum absolute atomic E-state index is 0.00185. The Hall–Kier alpha value is -3.11. The van der Waals surface area contributed by atoms with Crippen LogP contribution >= 0.6 is 7.82 Å². The molecule has 4 atom stereocenters. The number of quaternary nitrogens is 1. The number of carbonyl (C=O) groups is 2. The van der Waals surface area contributed by atoms with Crippen LogP contribution in [0.3, 0.4) is 0 Å². The second-order valence-electron chi connectivity index (χ2n) is 16.5. The number of rotatable bonds is 39. The maximum Gasteiger partial charge on any atom is 0.472 e. The Morgan fingerprint density at radius 2 is 1.05 bits per heavy atom. The van der Waals surface area contributed by atoms with Crippen LogP contribution in [0.25, 0.3) is 0 Å². The van der Waals surface area contributed by atoms with Crippen molar-refractivity contribution in [2.45, 2.75) is 161 Å². The summed E-state index contributed by atoms with van der Waals surface area (Å²) in [6.07, 6.45) is 52.2. The van der Waals surface area contributed by atoms with Crippen LogP contribution < -0.4 is 0 Å². The summed E-state index contributed by atoms with van der Waals surface area (Å²) >= 11 is 0. The van der Waals surface area contributed by atoms with Gasteiger partial charge in [-0.3, -0.25) is 18.6 Å². The maximum atomic E-state index is 12.7. The standard InChI is InChI=1S/C50H82NO9P/c1-6-8-10-12-14-16-17-18-19-20-21-22-23-24-25-27-29-31-36-40-49(52)56-44-46(45-58-61(54,55)57-43-42-51(3,4)5)59-50(53)41-37-33-32-35-39-48-47(60-48)38-34-30-28-26-15-13-11-9-7-2/h14-16,18-19,21-22,24-26,29-32,34-35,46-48H,6-13,17,20,23,27-28,33,36-45H2,1-5H3/p+1/b16-14-,19-18-,22-21-,25-24-,26-15-,31-29-,34-30-,35-32-/t46-,47?,48?/m1/s1. The highest BCUT2D eigenvalue weighted by molar-refractivity contribution is 7.47. The van der Waals surface area contributed by atoms with Crippen molar-refractivity contribution in [1.82, 2.24) is 0 Å². The number of hydrogen-bond donors (Lipinski definition) is 1. The molecule has 3 unspecified atom stereocenters. The van der Waals surface area contributed by atoms with Crippen molar-refractivity contribution < 1.29 is 46.8 Å². The van der Waals surface area contributed by atoms with E-state index in [-0.39, 0.29) is 38.3 Å². The first-order valence-electron chi connectivity index (χ1n) is 23.1. The molecular weight excluding hydrogens is 790 g/mol. The van der Waals surface area contributed by atoms with Gasteiger partial charge in [0.25, 0.3) is 0 Å². The van der Waals surface area contributed by atoms with E-state index >= 15 is 0 Å². The first-order chi connectivity index (χ1) is 29.5. The lowest BCUT2D eigenvalue weighted by Gasteiger charge is -2.24. The molecule has 346 valence electrons. The number of carbonyl (C=O) groups excluding carboxylic acids is 2. The minimum atomic E-state index is -4.42. The van der Waals surface area contributed by atoms with Crippen LogP contribution in [0.15, 0.2) is 97.2 Å². The number of epoxide rings is 1. The largest absolute Gasteiger partial charge is 0.472 e. The number of phosphoric acid groups is 1. The zero-order valence-corrected chi connectivity index (χ0v) is 39.4. The summed E-state index contributed by atoms with van der Waals surface area (Å²) in [4.78, 5) is 35.4. The van der Waals surface area contributed by atoms with Gasteiger partial charge in [-0.25, -0.2) is 4.57 Å². The number of likely N-dealkylation sites (N-methyl/N-ethyl adjacent to an activating group) is 1. The summed E-state index contributed by atoms with van der Waals surface area (Å²) in [7, 11) is 1.38. The van der Waals surface area contributed by atoms with Crippen molar-refractivity contribution in [3.8, 4) is 0 Å². The van der Waals surface area contributed by atoms with Crippen LogP contribution in [0.5, 0.6) is 0 Å². The number of unbranched alkanes of at least 4 members (excludes halogenated alkanes) is 7. The third-order valence-electron chi connectivity index (χ3n) is 9.50. The number of hydrogen-bond acceptors (Lipinski definition) is 8. The smallest absolute Gasteiger partial charge is 0.462 e. The summed E-state index contributed by atoms with van der Waals surface area (Å²) in [5.41, 5.74) is 0. The molecule has 11 heteroatoms. The van der Waals surface area contributed by atoms with Gasteiger partial charge in [0.05, 0.1) is 40.0 Å². The molecule has 0 radical (unpaired) electrons. The van der Waals surface area contributed by atoms with Gasteiger partial charge in [0.1, 0.15) is 19.8 Å². The normalized spacial score (nSPS) is 17.7. The fourth-order valence-corrected chi connectivity index (χ4v) is 6.48. The highest BCUT2D eigenvalue weighted by Gasteiger charge is 2.36. The van der Waals surface area contributed by atoms with Gasteiger partial charge in [-0.05, 0) is 89.9 Å². The van der Waals surface area contributed by atoms with Gasteiger partial charge in [-0.15, -0.1) is 0 Å². The molecule has 1 N–H and O–H groups in total. The van der Waals surface area contributed by atoms with E-state index in [0.717, 1.165) is 51.4 Å². The Morgan fingerprint density at radius 3 is 1.57 bits per heavy atom. The molecule has 0 saturated carbocycles. The Bertz CT molecular complexity index is 1420. The van der Waals surface area contributed by atoms with Crippen molar-refractivity contribution in [3.05, 3.63) is 97.2 Å². The van der Waals surface area contributed by atoms with Gasteiger partial charge >= 0.3 is 19.8 Å². The number of nitrogens with zero attached hydrogens (tertiary/aromatic N) is 1. The van der Waals surface area contributed by atoms with Crippen molar-refractivity contribution in [2.24, 2.45) is 0 Å². The Balaban J connectivity index is 2.38. The Labute approximate surface area is 370 Å². The molecule has 10 nitrogen and oxygen atoms in total. The van der Waals surface area contributed by atoms with E-state index in [1.807, 2.05) is 39.4 Å². The van der Waals surface area contributed by atoms with Gasteiger partial charge < -0.3 is 23.6 Å². The molecular formula is C50H83NO9P+. The molecule has 1 saturated heterocycles. The lowest BCUT2D eigenvalue weighted by Crippen LogP contribution is -2.37. The minimum Gasteiger partial charge on any atom is -0.462 e. The molecule has 1 fully saturated rings. The quantitative estimate of drug-likeness (QED) is 0.0161. The first kappa shape index (κ1) is 55.9. The van der Waals surface area contributed by atoms with Gasteiger partial charge in [-0.2, -0.15) is 0 Å². The van der Waals surface area contributed by atoms with Crippen molar-refractivity contribution in [1.29, 1.82) is 0 Å². The Morgan fingerprint density at radius 1 is 0.590 bits per heavy atom. The van der Waals surface area contributed by atoms with Gasteiger partial charge in [-0.1, -0.05) is 137 Å². The highest BCUT2D eigenvalue weighted by atomic mass is 31.2. The molecule has 0 aromatic carbocycles. The van der Waals surface area contributed by atoms with E-state index in [4.69, 9.17) is 23.3 Å². The van der Waals surface area contributed by atoms with Crippen LogP contribution in [0, 0.1) is 0 Å². The molecule has 0 aromatic rings. The van der Waals surface area contributed by atoms with Crippen molar-refractivity contribution >= 4 is 19.8 Å². The molecule has 0 aliphatic carbocycles. The molecule has 1 rings (SSSR count). The van der Waals surface area contributed by atoms with Crippen LogP contribution in [0.4, 0.5) is 0 Å². The van der Waals surface area contributed by atoms with E-state index in [0.29, 0.717) is 30.3 Å². The monoisotopic (exact) mass is 873 g/mol. The van der Waals surface area contributed by atoms with Crippen LogP contribution in [-0.2, 0) is 37.4 Å². The van der Waals surface area contributed by atoms with Crippen LogP contribution in [0.1, 0.15) is 142 Å². The lowest BCUT2D eigenvalue weighted by atomic mass is 10.1. The second kappa shape index (κ2) is 37.4. The predicted molar refractivity (Wildman–Crippen MR) is 251 cm³/mol. The summed E-state index contributed by atoms with van der Waals surface area (Å²) in [6.45, 7) is 4.17. The van der Waals surface area contributed by atoms with E-state index in [1.165, 1.54) is 44.9 Å². The summed E-state index contributed by atoms with van der Waals surface area (Å²) in [5.74, 6) is -0.979. The number of phosphoric ester groups is 1. The zero-order valence-electron chi connectivity index (χ0n) is 38.5. The molecule has 1 aliphatic rings. The molecule has 61 heavy (non-hydrogen) atoms. The Kier molecular flexibility index (Phi) is 34.3. The molecule has 0 amide bonds. The van der Waals surface area contributed by atoms with E-state index in [1.54, 1.807) is 0 Å². The zero-order chi connectivity index (χ0) is 44.7. The van der Waals surface area contributed by atoms with E-state index < -0.39 is 32.5 Å². The van der Waals surface area contributed by atoms with Crippen LogP contribution in [0.2, 0.25) is 0 Å². The average Bonchev–Trinajstić information content (AvgIpc) is 3.97. The second-order valence-corrected chi connectivity index (χ2v) is 17.9. The van der Waals surface area contributed by atoms with E-state index in [9.17, 15) is 19.0 Å². The molecule has 1 heterocycles. The average molecular weight is 873 g/mol. The van der Waals surface area contributed by atoms with E-state index in [2.05, 4.69) is 92.8 Å². The van der Waals surface area contributed by atoms with Crippen LogP contribution in [-0.4, -0.2) is 87.1 Å². The number of esters is 2. The third-order valence-corrected chi connectivity index (χ3v) is 10.5. The topological polar surface area (TPSA) is 121 Å². The number of allylic oxidation sites excluding steroid dienone is 14. The fraction of sp³-hybridized carbons (Fsp3) is 0.640. The fourth-order valence-electron chi connectivity index (χ4n) is 5.73. The molecule has 0 aromatic heterocycles. The van der Waals surface area contributed by atoms with Gasteiger partial charge in [0, 0.05) is 12.8 Å². The summed E-state index contributed by atoms with van der Waals surface area (Å²) in [5, 5.41) is 0. The lowest BCUT2D eigenvalue weighted by molar-refractivity contribution is -0.870. The van der Waals surface area contributed by atoms with Gasteiger partial charge in [0.15, 0.2) is 6.10 Å².